The number of hydrogen-bond donors (Lipinski definition) is 1. The van der Waals surface area contributed by atoms with Gasteiger partial charge in [-0.05, 0) is 56.2 Å². The van der Waals surface area contributed by atoms with Crippen LogP contribution in [-0.2, 0) is 0 Å². The van der Waals surface area contributed by atoms with Crippen LogP contribution in [0, 0.1) is 24.2 Å². The lowest BCUT2D eigenvalue weighted by Gasteiger charge is -2.25. The van der Waals surface area contributed by atoms with Gasteiger partial charge in [-0.3, -0.25) is 0 Å². The third-order valence-electron chi connectivity index (χ3n) is 5.26. The molecule has 4 nitrogen and oxygen atoms in total. The smallest absolute Gasteiger partial charge is 0.146 e. The molecular weight excluding hydrogens is 344 g/mol. The van der Waals surface area contributed by atoms with Crippen LogP contribution in [0.15, 0.2) is 66.4 Å². The highest BCUT2D eigenvalue weighted by molar-refractivity contribution is 5.63. The molecule has 0 spiro atoms. The highest BCUT2D eigenvalue weighted by atomic mass is 15.3. The molecule has 1 fully saturated rings. The van der Waals surface area contributed by atoms with Crippen molar-refractivity contribution in [2.24, 2.45) is 5.92 Å². The van der Waals surface area contributed by atoms with E-state index < -0.39 is 0 Å². The van der Waals surface area contributed by atoms with Crippen LogP contribution in [0.1, 0.15) is 51.1 Å². The maximum absolute atomic E-state index is 10.0. The number of rotatable bonds is 9. The molecule has 1 N–H and O–H groups in total. The van der Waals surface area contributed by atoms with Gasteiger partial charge >= 0.3 is 0 Å². The second-order valence-corrected chi connectivity index (χ2v) is 7.27. The zero-order chi connectivity index (χ0) is 20.4. The van der Waals surface area contributed by atoms with E-state index in [-0.39, 0.29) is 0 Å². The van der Waals surface area contributed by atoms with E-state index in [2.05, 4.69) is 35.7 Å². The van der Waals surface area contributed by atoms with Crippen LogP contribution >= 0.6 is 0 Å². The molecule has 1 aromatic heterocycles. The fourth-order valence-corrected chi connectivity index (χ4v) is 3.64. The molecule has 2 rings (SSSR count). The molecule has 1 aliphatic rings. The number of nitriles is 1. The van der Waals surface area contributed by atoms with E-state index in [0.717, 1.165) is 36.4 Å². The predicted octanol–water partition coefficient (Wildman–Crippen LogP) is 5.69. The van der Waals surface area contributed by atoms with E-state index in [1.54, 1.807) is 12.3 Å². The Bertz CT molecular complexity index is 808. The van der Waals surface area contributed by atoms with Crippen molar-refractivity contribution in [2.75, 3.05) is 6.54 Å². The molecule has 1 heterocycles. The Labute approximate surface area is 169 Å². The first-order valence-electron chi connectivity index (χ1n) is 10.1. The van der Waals surface area contributed by atoms with Crippen molar-refractivity contribution >= 4 is 5.82 Å². The summed E-state index contributed by atoms with van der Waals surface area (Å²) in [6, 6.07) is 4.36. The SMILES string of the molecule is C=C/C=C(\CC=CC)CN/C(=C(\C#N)C(=C)C1CCCCC1)n1nccc1C. The lowest BCUT2D eigenvalue weighted by Crippen LogP contribution is -2.24. The summed E-state index contributed by atoms with van der Waals surface area (Å²) in [5, 5.41) is 17.9. The van der Waals surface area contributed by atoms with Gasteiger partial charge in [-0.15, -0.1) is 0 Å². The second-order valence-electron chi connectivity index (χ2n) is 7.27. The fourth-order valence-electron chi connectivity index (χ4n) is 3.64. The zero-order valence-corrected chi connectivity index (χ0v) is 17.2. The topological polar surface area (TPSA) is 53.6 Å². The Morgan fingerprint density at radius 2 is 2.14 bits per heavy atom. The van der Waals surface area contributed by atoms with Crippen molar-refractivity contribution in [2.45, 2.75) is 52.4 Å². The molecule has 28 heavy (non-hydrogen) atoms. The maximum Gasteiger partial charge on any atom is 0.146 e. The lowest BCUT2D eigenvalue weighted by molar-refractivity contribution is 0.407. The molecule has 0 aliphatic heterocycles. The normalized spacial score (nSPS) is 16.5. The van der Waals surface area contributed by atoms with Gasteiger partial charge in [0.25, 0.3) is 0 Å². The van der Waals surface area contributed by atoms with Gasteiger partial charge in [0, 0.05) is 18.4 Å². The minimum Gasteiger partial charge on any atom is -0.365 e. The molecule has 0 atom stereocenters. The molecule has 0 unspecified atom stereocenters. The van der Waals surface area contributed by atoms with Gasteiger partial charge < -0.3 is 5.32 Å². The highest BCUT2D eigenvalue weighted by Crippen LogP contribution is 2.33. The number of allylic oxidation sites excluding steroid dienone is 6. The summed E-state index contributed by atoms with van der Waals surface area (Å²) < 4.78 is 1.81. The average Bonchev–Trinajstić information content (AvgIpc) is 3.14. The molecule has 4 heteroatoms. The third kappa shape index (κ3) is 5.60. The van der Waals surface area contributed by atoms with Crippen molar-refractivity contribution in [3.8, 4) is 6.07 Å². The summed E-state index contributed by atoms with van der Waals surface area (Å²) in [5.74, 6) is 1.10. The Balaban J connectivity index is 2.37. The molecule has 148 valence electrons. The van der Waals surface area contributed by atoms with Crippen LogP contribution in [0.5, 0.6) is 0 Å². The van der Waals surface area contributed by atoms with Crippen molar-refractivity contribution in [1.29, 1.82) is 5.26 Å². The Morgan fingerprint density at radius 1 is 1.39 bits per heavy atom. The van der Waals surface area contributed by atoms with Gasteiger partial charge in [-0.25, -0.2) is 4.68 Å². The molecular formula is C24H32N4. The number of hydrogen-bond acceptors (Lipinski definition) is 3. The van der Waals surface area contributed by atoms with Crippen molar-refractivity contribution in [3.63, 3.8) is 0 Å². The van der Waals surface area contributed by atoms with Gasteiger partial charge in [0.2, 0.25) is 0 Å². The van der Waals surface area contributed by atoms with E-state index in [4.69, 9.17) is 0 Å². The second kappa shape index (κ2) is 11.1. The summed E-state index contributed by atoms with van der Waals surface area (Å²) >= 11 is 0. The number of aromatic nitrogens is 2. The molecule has 0 radical (unpaired) electrons. The monoisotopic (exact) mass is 376 g/mol. The summed E-state index contributed by atoms with van der Waals surface area (Å²) in [7, 11) is 0. The van der Waals surface area contributed by atoms with Crippen LogP contribution in [-0.4, -0.2) is 16.3 Å². The van der Waals surface area contributed by atoms with Crippen LogP contribution in [0.2, 0.25) is 0 Å². The number of nitrogens with zero attached hydrogens (tertiary/aromatic N) is 3. The maximum atomic E-state index is 10.0. The number of nitrogens with one attached hydrogen (secondary N) is 1. The first-order chi connectivity index (χ1) is 13.6. The molecule has 0 aromatic carbocycles. The third-order valence-corrected chi connectivity index (χ3v) is 5.26. The molecule has 0 amide bonds. The van der Waals surface area contributed by atoms with E-state index in [9.17, 15) is 5.26 Å². The molecule has 1 aromatic rings. The van der Waals surface area contributed by atoms with E-state index in [0.29, 0.717) is 18.0 Å². The summed E-state index contributed by atoms with van der Waals surface area (Å²) in [6.45, 7) is 12.8. The quantitative estimate of drug-likeness (QED) is 0.342. The zero-order valence-electron chi connectivity index (χ0n) is 17.2. The summed E-state index contributed by atoms with van der Waals surface area (Å²) in [5.41, 5.74) is 3.72. The number of aryl methyl sites for hydroxylation is 1. The van der Waals surface area contributed by atoms with E-state index >= 15 is 0 Å². The van der Waals surface area contributed by atoms with Gasteiger partial charge in [0.15, 0.2) is 0 Å². The fraction of sp³-hybridized carbons (Fsp3) is 0.417. The molecule has 1 saturated carbocycles. The Morgan fingerprint density at radius 3 is 2.71 bits per heavy atom. The van der Waals surface area contributed by atoms with Crippen molar-refractivity contribution in [1.82, 2.24) is 15.1 Å². The molecule has 0 saturated heterocycles. The average molecular weight is 377 g/mol. The van der Waals surface area contributed by atoms with Crippen LogP contribution < -0.4 is 5.32 Å². The minimum atomic E-state index is 0.377. The Kier molecular flexibility index (Phi) is 8.55. The molecule has 0 bridgehead atoms. The standard InChI is InChI=1S/C24H32N4/c1-5-7-12-21(11-6-2)18-26-24(28-19(3)15-16-27-28)23(17-25)20(4)22-13-9-8-10-14-22/h5-7,11,15-16,22,26H,2,4,8-10,12-14,18H2,1,3H3/b7-5?,21-11+,24-23-. The van der Waals surface area contributed by atoms with Gasteiger partial charge in [0.05, 0.1) is 5.57 Å². The van der Waals surface area contributed by atoms with Crippen molar-refractivity contribution < 1.29 is 0 Å². The first-order valence-corrected chi connectivity index (χ1v) is 10.1. The Hall–Kier alpha value is -2.80. The van der Waals surface area contributed by atoms with E-state index in [1.165, 1.54) is 24.8 Å². The van der Waals surface area contributed by atoms with Gasteiger partial charge in [-0.2, -0.15) is 10.4 Å². The van der Waals surface area contributed by atoms with Crippen LogP contribution in [0.25, 0.3) is 5.82 Å². The van der Waals surface area contributed by atoms with Crippen LogP contribution in [0.3, 0.4) is 0 Å². The van der Waals surface area contributed by atoms with Gasteiger partial charge in [0.1, 0.15) is 11.9 Å². The van der Waals surface area contributed by atoms with Crippen LogP contribution in [0.4, 0.5) is 0 Å². The minimum absolute atomic E-state index is 0.377. The lowest BCUT2D eigenvalue weighted by atomic mass is 9.81. The molecule has 1 aliphatic carbocycles. The van der Waals surface area contributed by atoms with Gasteiger partial charge in [-0.1, -0.05) is 56.7 Å². The van der Waals surface area contributed by atoms with E-state index in [1.807, 2.05) is 36.7 Å². The summed E-state index contributed by atoms with van der Waals surface area (Å²) in [4.78, 5) is 0. The summed E-state index contributed by atoms with van der Waals surface area (Å²) in [6.07, 6.45) is 16.5. The predicted molar refractivity (Wildman–Crippen MR) is 117 cm³/mol. The van der Waals surface area contributed by atoms with Crippen molar-refractivity contribution in [3.05, 3.63) is 72.1 Å². The first kappa shape index (κ1) is 21.5. The highest BCUT2D eigenvalue weighted by Gasteiger charge is 2.23. The largest absolute Gasteiger partial charge is 0.365 e.